The summed E-state index contributed by atoms with van der Waals surface area (Å²) in [4.78, 5) is 15.0. The molecule has 2 heterocycles. The van der Waals surface area contributed by atoms with Crippen LogP contribution in [0.4, 0.5) is 0 Å². The van der Waals surface area contributed by atoms with Gasteiger partial charge in [0.2, 0.25) is 10.0 Å². The number of hydrogen-bond donors (Lipinski definition) is 2. The second-order valence-electron chi connectivity index (χ2n) is 5.88. The first-order valence-electron chi connectivity index (χ1n) is 7.94. The summed E-state index contributed by atoms with van der Waals surface area (Å²) in [5.41, 5.74) is 1.22. The number of fused-ring (bicyclic) bond motifs is 1. The number of nitrogens with one attached hydrogen (secondary N) is 2. The van der Waals surface area contributed by atoms with Gasteiger partial charge >= 0.3 is 0 Å². The fourth-order valence-electron chi connectivity index (χ4n) is 2.79. The average Bonchev–Trinajstić information content (AvgIpc) is 2.94. The van der Waals surface area contributed by atoms with Gasteiger partial charge < -0.3 is 14.2 Å². The molecule has 26 heavy (non-hydrogen) atoms. The lowest BCUT2D eigenvalue weighted by Crippen LogP contribution is -2.28. The molecular formula is C17H19N3O5S. The number of ether oxygens (including phenoxy) is 1. The monoisotopic (exact) mass is 377 g/mol. The summed E-state index contributed by atoms with van der Waals surface area (Å²) < 4.78 is 37.4. The number of hydrogen-bond acceptors (Lipinski definition) is 6. The fraction of sp³-hybridized carbons (Fsp3) is 0.294. The quantitative estimate of drug-likeness (QED) is 0.675. The first kappa shape index (κ1) is 18.2. The molecule has 0 fully saturated rings. The summed E-state index contributed by atoms with van der Waals surface area (Å²) in [7, 11) is -2.19. The van der Waals surface area contributed by atoms with Crippen LogP contribution in [0.5, 0.6) is 5.75 Å². The highest BCUT2D eigenvalue weighted by atomic mass is 32.2. The highest BCUT2D eigenvalue weighted by molar-refractivity contribution is 7.89. The molecule has 0 bridgehead atoms. The zero-order chi connectivity index (χ0) is 18.9. The van der Waals surface area contributed by atoms with E-state index in [-0.39, 0.29) is 29.2 Å². The first-order valence-corrected chi connectivity index (χ1v) is 9.42. The van der Waals surface area contributed by atoms with Crippen molar-refractivity contribution in [3.05, 3.63) is 51.6 Å². The summed E-state index contributed by atoms with van der Waals surface area (Å²) >= 11 is 0. The van der Waals surface area contributed by atoms with Gasteiger partial charge in [0, 0.05) is 23.0 Å². The van der Waals surface area contributed by atoms with Crippen molar-refractivity contribution in [3.8, 4) is 5.75 Å². The van der Waals surface area contributed by atoms with E-state index in [1.807, 2.05) is 6.07 Å². The molecule has 0 saturated heterocycles. The van der Waals surface area contributed by atoms with Crippen molar-refractivity contribution in [1.29, 1.82) is 0 Å². The van der Waals surface area contributed by atoms with Crippen LogP contribution in [0.2, 0.25) is 0 Å². The van der Waals surface area contributed by atoms with Gasteiger partial charge in [0.25, 0.3) is 5.56 Å². The molecule has 9 heteroatoms. The summed E-state index contributed by atoms with van der Waals surface area (Å²) in [5.74, 6) is 0.903. The van der Waals surface area contributed by atoms with Gasteiger partial charge in [0.15, 0.2) is 5.76 Å². The molecule has 2 N–H and O–H groups in total. The number of sulfonamides is 1. The van der Waals surface area contributed by atoms with Crippen LogP contribution in [0.3, 0.4) is 0 Å². The van der Waals surface area contributed by atoms with E-state index in [4.69, 9.17) is 9.26 Å². The Morgan fingerprint density at radius 2 is 2.04 bits per heavy atom. The van der Waals surface area contributed by atoms with Gasteiger partial charge in [-0.1, -0.05) is 5.16 Å². The maximum absolute atomic E-state index is 12.4. The van der Waals surface area contributed by atoms with Crippen LogP contribution < -0.4 is 15.0 Å². The molecule has 138 valence electrons. The van der Waals surface area contributed by atoms with E-state index >= 15 is 0 Å². The molecule has 3 rings (SSSR count). The zero-order valence-corrected chi connectivity index (χ0v) is 15.4. The highest BCUT2D eigenvalue weighted by Gasteiger charge is 2.23. The number of rotatable bonds is 6. The maximum atomic E-state index is 12.4. The second-order valence-corrected chi connectivity index (χ2v) is 7.58. The number of H-pyrrole nitrogens is 1. The Kier molecular flexibility index (Phi) is 4.84. The predicted molar refractivity (Wildman–Crippen MR) is 96.0 cm³/mol. The number of methoxy groups -OCH3 is 1. The molecule has 0 radical (unpaired) electrons. The van der Waals surface area contributed by atoms with Crippen LogP contribution >= 0.6 is 0 Å². The Bertz CT molecular complexity index is 1100. The van der Waals surface area contributed by atoms with E-state index < -0.39 is 10.0 Å². The van der Waals surface area contributed by atoms with Crippen molar-refractivity contribution in [1.82, 2.24) is 14.9 Å². The molecule has 0 aliphatic heterocycles. The van der Waals surface area contributed by atoms with Crippen molar-refractivity contribution >= 4 is 20.9 Å². The van der Waals surface area contributed by atoms with Crippen LogP contribution in [-0.4, -0.2) is 32.2 Å². The minimum atomic E-state index is -3.75. The molecule has 0 aliphatic carbocycles. The third-order valence-corrected chi connectivity index (χ3v) is 5.76. The summed E-state index contributed by atoms with van der Waals surface area (Å²) in [6.07, 6.45) is 0.241. The van der Waals surface area contributed by atoms with Gasteiger partial charge in [0.1, 0.15) is 16.3 Å². The van der Waals surface area contributed by atoms with E-state index in [0.717, 1.165) is 5.39 Å². The van der Waals surface area contributed by atoms with Crippen molar-refractivity contribution in [3.63, 3.8) is 0 Å². The Labute approximate surface area is 150 Å². The molecule has 0 spiro atoms. The number of aryl methyl sites for hydroxylation is 2. The molecule has 0 aliphatic rings. The molecule has 0 saturated carbocycles. The van der Waals surface area contributed by atoms with Crippen LogP contribution in [0.25, 0.3) is 10.9 Å². The first-order chi connectivity index (χ1) is 12.3. The van der Waals surface area contributed by atoms with Crippen LogP contribution in [0.1, 0.15) is 17.0 Å². The van der Waals surface area contributed by atoms with Crippen molar-refractivity contribution in [2.75, 3.05) is 13.7 Å². The van der Waals surface area contributed by atoms with Crippen molar-refractivity contribution in [2.45, 2.75) is 25.2 Å². The van der Waals surface area contributed by atoms with Crippen molar-refractivity contribution < 1.29 is 17.7 Å². The predicted octanol–water partition coefficient (Wildman–Crippen LogP) is 1.66. The maximum Gasteiger partial charge on any atom is 0.251 e. The van der Waals surface area contributed by atoms with Gasteiger partial charge in [0.05, 0.1) is 7.11 Å². The molecule has 0 amide bonds. The van der Waals surface area contributed by atoms with E-state index in [0.29, 0.717) is 22.5 Å². The molecule has 3 aromatic rings. The lowest BCUT2D eigenvalue weighted by Gasteiger charge is -2.07. The van der Waals surface area contributed by atoms with Crippen molar-refractivity contribution in [2.24, 2.45) is 0 Å². The molecule has 0 atom stereocenters. The Morgan fingerprint density at radius 3 is 2.69 bits per heavy atom. The minimum Gasteiger partial charge on any atom is -0.497 e. The number of pyridine rings is 1. The topological polar surface area (TPSA) is 114 Å². The molecule has 0 unspecified atom stereocenters. The smallest absolute Gasteiger partial charge is 0.251 e. The summed E-state index contributed by atoms with van der Waals surface area (Å²) in [6.45, 7) is 3.17. The largest absolute Gasteiger partial charge is 0.497 e. The lowest BCUT2D eigenvalue weighted by molar-refractivity contribution is 0.390. The minimum absolute atomic E-state index is 0.0367. The Morgan fingerprint density at radius 1 is 1.27 bits per heavy atom. The van der Waals surface area contributed by atoms with Gasteiger partial charge in [-0.05, 0) is 44.5 Å². The normalized spacial score (nSPS) is 11.8. The number of nitrogens with zero attached hydrogens (tertiary/aromatic N) is 1. The second kappa shape index (κ2) is 6.93. The van der Waals surface area contributed by atoms with Gasteiger partial charge in [-0.3, -0.25) is 4.79 Å². The molecule has 8 nitrogen and oxygen atoms in total. The number of benzene rings is 1. The standard InChI is InChI=1S/C17H19N3O5S/c1-10-16(11(2)25-20-10)26(22,23)18-7-6-12-8-13-9-14(24-3)4-5-15(13)19-17(12)21/h4-5,8-9,18H,6-7H2,1-3H3,(H,19,21). The third kappa shape index (κ3) is 3.49. The van der Waals surface area contributed by atoms with Gasteiger partial charge in [-0.15, -0.1) is 0 Å². The zero-order valence-electron chi connectivity index (χ0n) is 14.6. The number of aromatic nitrogens is 2. The van der Waals surface area contributed by atoms with Gasteiger partial charge in [-0.25, -0.2) is 13.1 Å². The van der Waals surface area contributed by atoms with E-state index in [2.05, 4.69) is 14.9 Å². The fourth-order valence-corrected chi connectivity index (χ4v) is 4.15. The molecule has 2 aromatic heterocycles. The SMILES string of the molecule is COc1ccc2[nH]c(=O)c(CCNS(=O)(=O)c3c(C)noc3C)cc2c1. The van der Waals surface area contributed by atoms with Crippen LogP contribution in [-0.2, 0) is 16.4 Å². The van der Waals surface area contributed by atoms with E-state index in [9.17, 15) is 13.2 Å². The van der Waals surface area contributed by atoms with Crippen LogP contribution in [0, 0.1) is 13.8 Å². The molecule has 1 aromatic carbocycles. The third-order valence-electron chi connectivity index (χ3n) is 4.05. The summed E-state index contributed by atoms with van der Waals surface area (Å²) in [5, 5.41) is 4.46. The highest BCUT2D eigenvalue weighted by Crippen LogP contribution is 2.20. The lowest BCUT2D eigenvalue weighted by atomic mass is 10.1. The molecular weight excluding hydrogens is 358 g/mol. The number of aromatic amines is 1. The van der Waals surface area contributed by atoms with E-state index in [1.165, 1.54) is 6.92 Å². The Hall–Kier alpha value is -2.65. The van der Waals surface area contributed by atoms with Gasteiger partial charge in [-0.2, -0.15) is 0 Å². The Balaban J connectivity index is 1.79. The van der Waals surface area contributed by atoms with Crippen LogP contribution in [0.15, 0.2) is 38.5 Å². The van der Waals surface area contributed by atoms with E-state index in [1.54, 1.807) is 32.2 Å². The summed E-state index contributed by atoms with van der Waals surface area (Å²) in [6, 6.07) is 7.07. The average molecular weight is 377 g/mol.